The predicted octanol–water partition coefficient (Wildman–Crippen LogP) is 3.05. The first kappa shape index (κ1) is 16.2. The molecule has 1 heterocycles. The molecule has 0 saturated heterocycles. The molecular weight excluding hydrogens is 352 g/mol. The standard InChI is InChI=1S/C19H21BrN2O/c1-2-17(14-7-9-16(20)10-8-14)21-13-19(23)22-12-11-15-5-3-4-6-18(15)22/h3-10,17,21H,2,11-13H2,1H3/p+1/t17-/m0/s1. The number of nitrogens with zero attached hydrogens (tertiary/aromatic N) is 1. The van der Waals surface area contributed by atoms with Crippen LogP contribution in [0.2, 0.25) is 0 Å². The summed E-state index contributed by atoms with van der Waals surface area (Å²) in [5, 5.41) is 2.16. The number of quaternary nitrogens is 1. The van der Waals surface area contributed by atoms with Crippen molar-refractivity contribution in [2.24, 2.45) is 0 Å². The number of halogens is 1. The van der Waals surface area contributed by atoms with Crippen molar-refractivity contribution in [3.8, 4) is 0 Å². The zero-order valence-corrected chi connectivity index (χ0v) is 14.9. The van der Waals surface area contributed by atoms with Crippen LogP contribution in [-0.4, -0.2) is 19.0 Å². The summed E-state index contributed by atoms with van der Waals surface area (Å²) < 4.78 is 1.08. The maximum atomic E-state index is 12.6. The summed E-state index contributed by atoms with van der Waals surface area (Å²) in [5.41, 5.74) is 3.63. The maximum Gasteiger partial charge on any atom is 0.282 e. The van der Waals surface area contributed by atoms with Crippen molar-refractivity contribution in [3.05, 3.63) is 64.1 Å². The molecule has 0 bridgehead atoms. The third-order valence-corrected chi connectivity index (χ3v) is 5.03. The normalized spacial score (nSPS) is 14.6. The lowest BCUT2D eigenvalue weighted by Crippen LogP contribution is -2.87. The van der Waals surface area contributed by atoms with E-state index in [0.29, 0.717) is 12.6 Å². The maximum absolute atomic E-state index is 12.6. The molecule has 1 amide bonds. The van der Waals surface area contributed by atoms with Gasteiger partial charge in [0, 0.05) is 28.7 Å². The van der Waals surface area contributed by atoms with E-state index in [-0.39, 0.29) is 5.91 Å². The van der Waals surface area contributed by atoms with Gasteiger partial charge in [-0.15, -0.1) is 0 Å². The van der Waals surface area contributed by atoms with Gasteiger partial charge in [0.1, 0.15) is 6.04 Å². The van der Waals surface area contributed by atoms with Crippen molar-refractivity contribution in [2.45, 2.75) is 25.8 Å². The Labute approximate surface area is 145 Å². The van der Waals surface area contributed by atoms with Crippen LogP contribution >= 0.6 is 15.9 Å². The summed E-state index contributed by atoms with van der Waals surface area (Å²) in [5.74, 6) is 0.200. The molecule has 120 valence electrons. The summed E-state index contributed by atoms with van der Waals surface area (Å²) in [4.78, 5) is 14.5. The number of hydrogen-bond acceptors (Lipinski definition) is 1. The van der Waals surface area contributed by atoms with Gasteiger partial charge in [-0.25, -0.2) is 0 Å². The number of carbonyl (C=O) groups is 1. The van der Waals surface area contributed by atoms with Gasteiger partial charge in [0.15, 0.2) is 6.54 Å². The lowest BCUT2D eigenvalue weighted by molar-refractivity contribution is -0.686. The summed E-state index contributed by atoms with van der Waals surface area (Å²) in [6.45, 7) is 3.46. The Balaban J connectivity index is 1.63. The van der Waals surface area contributed by atoms with Gasteiger partial charge in [-0.05, 0) is 30.2 Å². The number of anilines is 1. The van der Waals surface area contributed by atoms with E-state index in [9.17, 15) is 4.79 Å². The molecule has 3 rings (SSSR count). The minimum absolute atomic E-state index is 0.200. The molecule has 3 nitrogen and oxygen atoms in total. The van der Waals surface area contributed by atoms with Gasteiger partial charge in [-0.3, -0.25) is 4.79 Å². The molecule has 0 fully saturated rings. The number of hydrogen-bond donors (Lipinski definition) is 1. The first-order valence-corrected chi connectivity index (χ1v) is 8.95. The van der Waals surface area contributed by atoms with Crippen molar-refractivity contribution >= 4 is 27.5 Å². The van der Waals surface area contributed by atoms with E-state index in [0.717, 1.165) is 29.5 Å². The Morgan fingerprint density at radius 2 is 1.96 bits per heavy atom. The van der Waals surface area contributed by atoms with Crippen LogP contribution in [0.1, 0.15) is 30.5 Å². The Hall–Kier alpha value is -1.65. The van der Waals surface area contributed by atoms with Crippen LogP contribution in [0, 0.1) is 0 Å². The van der Waals surface area contributed by atoms with E-state index in [1.807, 2.05) is 23.1 Å². The van der Waals surface area contributed by atoms with Crippen LogP contribution in [0.3, 0.4) is 0 Å². The Morgan fingerprint density at radius 3 is 2.70 bits per heavy atom. The van der Waals surface area contributed by atoms with Crippen LogP contribution in [0.5, 0.6) is 0 Å². The fraction of sp³-hybridized carbons (Fsp3) is 0.316. The number of nitrogens with two attached hydrogens (primary N) is 1. The number of fused-ring (bicyclic) bond motifs is 1. The molecule has 0 aromatic heterocycles. The molecule has 4 heteroatoms. The Bertz CT molecular complexity index is 684. The van der Waals surface area contributed by atoms with Gasteiger partial charge < -0.3 is 10.2 Å². The molecule has 2 N–H and O–H groups in total. The molecule has 1 aliphatic heterocycles. The molecule has 0 saturated carbocycles. The highest BCUT2D eigenvalue weighted by Gasteiger charge is 2.25. The van der Waals surface area contributed by atoms with E-state index < -0.39 is 0 Å². The summed E-state index contributed by atoms with van der Waals surface area (Å²) in [6.07, 6.45) is 1.97. The Morgan fingerprint density at radius 1 is 1.22 bits per heavy atom. The van der Waals surface area contributed by atoms with Gasteiger partial charge in [0.25, 0.3) is 5.91 Å². The molecule has 2 aromatic rings. The average molecular weight is 374 g/mol. The number of rotatable bonds is 5. The fourth-order valence-corrected chi connectivity index (χ4v) is 3.46. The first-order valence-electron chi connectivity index (χ1n) is 8.16. The minimum atomic E-state index is 0.200. The van der Waals surface area contributed by atoms with Crippen LogP contribution in [-0.2, 0) is 11.2 Å². The first-order chi connectivity index (χ1) is 11.2. The average Bonchev–Trinajstić information content (AvgIpc) is 3.01. The molecule has 0 aliphatic carbocycles. The van der Waals surface area contributed by atoms with Crippen molar-refractivity contribution in [1.29, 1.82) is 0 Å². The van der Waals surface area contributed by atoms with E-state index in [4.69, 9.17) is 0 Å². The summed E-state index contributed by atoms with van der Waals surface area (Å²) >= 11 is 3.47. The number of benzene rings is 2. The largest absolute Gasteiger partial charge is 0.332 e. The summed E-state index contributed by atoms with van der Waals surface area (Å²) in [6, 6.07) is 16.9. The second-order valence-corrected chi connectivity index (χ2v) is 6.85. The lowest BCUT2D eigenvalue weighted by atomic mass is 10.0. The van der Waals surface area contributed by atoms with E-state index in [1.165, 1.54) is 11.1 Å². The zero-order valence-electron chi connectivity index (χ0n) is 13.3. The van der Waals surface area contributed by atoms with E-state index in [1.54, 1.807) is 0 Å². The highest BCUT2D eigenvalue weighted by Crippen LogP contribution is 2.27. The molecule has 23 heavy (non-hydrogen) atoms. The topological polar surface area (TPSA) is 36.9 Å². The highest BCUT2D eigenvalue weighted by molar-refractivity contribution is 9.10. The van der Waals surface area contributed by atoms with Crippen LogP contribution in [0.15, 0.2) is 53.0 Å². The van der Waals surface area contributed by atoms with Crippen LogP contribution < -0.4 is 10.2 Å². The van der Waals surface area contributed by atoms with Gasteiger partial charge in [0.05, 0.1) is 0 Å². The minimum Gasteiger partial charge on any atom is -0.332 e. The van der Waals surface area contributed by atoms with Crippen molar-refractivity contribution in [2.75, 3.05) is 18.0 Å². The second kappa shape index (κ2) is 7.28. The molecule has 2 aromatic carbocycles. The molecule has 0 unspecified atom stereocenters. The fourth-order valence-electron chi connectivity index (χ4n) is 3.20. The van der Waals surface area contributed by atoms with Crippen molar-refractivity contribution in [1.82, 2.24) is 0 Å². The van der Waals surface area contributed by atoms with Gasteiger partial charge >= 0.3 is 0 Å². The van der Waals surface area contributed by atoms with Crippen molar-refractivity contribution in [3.63, 3.8) is 0 Å². The lowest BCUT2D eigenvalue weighted by Gasteiger charge is -2.19. The van der Waals surface area contributed by atoms with Crippen molar-refractivity contribution < 1.29 is 10.1 Å². The van der Waals surface area contributed by atoms with Gasteiger partial charge in [0.2, 0.25) is 0 Å². The predicted molar refractivity (Wildman–Crippen MR) is 96.5 cm³/mol. The van der Waals surface area contributed by atoms with Gasteiger partial charge in [-0.2, -0.15) is 0 Å². The third-order valence-electron chi connectivity index (χ3n) is 4.50. The zero-order chi connectivity index (χ0) is 16.2. The number of para-hydroxylation sites is 1. The number of carbonyl (C=O) groups excluding carboxylic acids is 1. The van der Waals surface area contributed by atoms with Crippen LogP contribution in [0.25, 0.3) is 0 Å². The van der Waals surface area contributed by atoms with Crippen LogP contribution in [0.4, 0.5) is 5.69 Å². The quantitative estimate of drug-likeness (QED) is 0.858. The molecule has 0 radical (unpaired) electrons. The molecular formula is C19H22BrN2O+. The molecule has 0 spiro atoms. The monoisotopic (exact) mass is 373 g/mol. The smallest absolute Gasteiger partial charge is 0.282 e. The summed E-state index contributed by atoms with van der Waals surface area (Å²) in [7, 11) is 0. The van der Waals surface area contributed by atoms with E-state index in [2.05, 4.69) is 58.5 Å². The molecule has 1 aliphatic rings. The molecule has 1 atom stereocenters. The number of amides is 1. The Kier molecular flexibility index (Phi) is 5.13. The highest BCUT2D eigenvalue weighted by atomic mass is 79.9. The third kappa shape index (κ3) is 3.65. The van der Waals surface area contributed by atoms with E-state index >= 15 is 0 Å². The van der Waals surface area contributed by atoms with Gasteiger partial charge in [-0.1, -0.05) is 53.2 Å². The second-order valence-electron chi connectivity index (χ2n) is 5.93. The SMILES string of the molecule is CC[C@H]([NH2+]CC(=O)N1CCc2ccccc21)c1ccc(Br)cc1.